The van der Waals surface area contributed by atoms with Crippen molar-refractivity contribution in [3.05, 3.63) is 29.3 Å². The fraction of sp³-hybridized carbons (Fsp3) is 0.625. The summed E-state index contributed by atoms with van der Waals surface area (Å²) in [6.07, 6.45) is 0. The highest BCUT2D eigenvalue weighted by Gasteiger charge is 2.22. The van der Waals surface area contributed by atoms with Crippen LogP contribution in [0, 0.1) is 0 Å². The second-order valence-corrected chi connectivity index (χ2v) is 5.98. The first-order valence-corrected chi connectivity index (χ1v) is 7.21. The van der Waals surface area contributed by atoms with E-state index < -0.39 is 0 Å². The van der Waals surface area contributed by atoms with Crippen LogP contribution in [0.4, 0.5) is 5.69 Å². The number of hydrogen-bond donors (Lipinski definition) is 1. The van der Waals surface area contributed by atoms with Crippen LogP contribution in [0.2, 0.25) is 0 Å². The van der Waals surface area contributed by atoms with E-state index in [0.29, 0.717) is 12.0 Å². The number of hydrogen-bond acceptors (Lipinski definition) is 3. The second kappa shape index (κ2) is 5.93. The molecule has 0 unspecified atom stereocenters. The molecule has 1 saturated heterocycles. The molecule has 0 aromatic heterocycles. The van der Waals surface area contributed by atoms with Crippen LogP contribution in [-0.2, 0) is 6.61 Å². The summed E-state index contributed by atoms with van der Waals surface area (Å²) in [5.74, 6) is 0.505. The zero-order valence-electron chi connectivity index (χ0n) is 12.6. The SMILES string of the molecule is CC(C)c1ccc(N2CCN(C)[C@H](C)C2)c(CO)c1. The Balaban J connectivity index is 2.24. The Hall–Kier alpha value is -1.06. The first-order valence-electron chi connectivity index (χ1n) is 7.21. The highest BCUT2D eigenvalue weighted by atomic mass is 16.3. The molecule has 1 N–H and O–H groups in total. The van der Waals surface area contributed by atoms with Crippen molar-refractivity contribution in [2.75, 3.05) is 31.6 Å². The lowest BCUT2D eigenvalue weighted by molar-refractivity contribution is 0.233. The van der Waals surface area contributed by atoms with Crippen LogP contribution in [0.3, 0.4) is 0 Å². The third kappa shape index (κ3) is 3.10. The number of piperazine rings is 1. The van der Waals surface area contributed by atoms with Crippen LogP contribution in [0.1, 0.15) is 37.8 Å². The molecule has 0 bridgehead atoms. The molecular weight excluding hydrogens is 236 g/mol. The molecule has 19 heavy (non-hydrogen) atoms. The summed E-state index contributed by atoms with van der Waals surface area (Å²) in [6, 6.07) is 7.09. The van der Waals surface area contributed by atoms with Crippen LogP contribution in [0.15, 0.2) is 18.2 Å². The maximum atomic E-state index is 9.64. The molecular formula is C16H26N2O. The van der Waals surface area contributed by atoms with Gasteiger partial charge in [-0.1, -0.05) is 26.0 Å². The molecule has 0 radical (unpaired) electrons. The zero-order valence-corrected chi connectivity index (χ0v) is 12.6. The summed E-state index contributed by atoms with van der Waals surface area (Å²) in [7, 11) is 2.18. The molecule has 0 amide bonds. The smallest absolute Gasteiger partial charge is 0.0702 e. The van der Waals surface area contributed by atoms with Crippen molar-refractivity contribution in [1.29, 1.82) is 0 Å². The van der Waals surface area contributed by atoms with Gasteiger partial charge in [0.25, 0.3) is 0 Å². The number of nitrogens with zero attached hydrogens (tertiary/aromatic N) is 2. The monoisotopic (exact) mass is 262 g/mol. The molecule has 1 heterocycles. The largest absolute Gasteiger partial charge is 0.392 e. The van der Waals surface area contributed by atoms with Crippen molar-refractivity contribution >= 4 is 5.69 Å². The molecule has 1 aromatic rings. The maximum absolute atomic E-state index is 9.64. The lowest BCUT2D eigenvalue weighted by atomic mass is 9.99. The summed E-state index contributed by atoms with van der Waals surface area (Å²) < 4.78 is 0. The maximum Gasteiger partial charge on any atom is 0.0702 e. The quantitative estimate of drug-likeness (QED) is 0.906. The van der Waals surface area contributed by atoms with E-state index in [-0.39, 0.29) is 6.61 Å². The summed E-state index contributed by atoms with van der Waals surface area (Å²) in [5, 5.41) is 9.64. The van der Waals surface area contributed by atoms with Gasteiger partial charge in [0.1, 0.15) is 0 Å². The number of likely N-dealkylation sites (N-methyl/N-ethyl adjacent to an activating group) is 1. The van der Waals surface area contributed by atoms with E-state index in [2.05, 4.69) is 55.8 Å². The van der Waals surface area contributed by atoms with Gasteiger partial charge in [0, 0.05) is 36.9 Å². The first kappa shape index (κ1) is 14.4. The molecule has 3 nitrogen and oxygen atoms in total. The van der Waals surface area contributed by atoms with E-state index in [4.69, 9.17) is 0 Å². The molecule has 1 aliphatic rings. The third-order valence-corrected chi connectivity index (χ3v) is 4.24. The van der Waals surface area contributed by atoms with Gasteiger partial charge in [0.2, 0.25) is 0 Å². The van der Waals surface area contributed by atoms with Gasteiger partial charge >= 0.3 is 0 Å². The predicted molar refractivity (Wildman–Crippen MR) is 80.8 cm³/mol. The van der Waals surface area contributed by atoms with Gasteiger partial charge in [-0.3, -0.25) is 0 Å². The van der Waals surface area contributed by atoms with Gasteiger partial charge in [-0.25, -0.2) is 0 Å². The Labute approximate surface area is 116 Å². The highest BCUT2D eigenvalue weighted by Crippen LogP contribution is 2.27. The van der Waals surface area contributed by atoms with Crippen molar-refractivity contribution in [2.45, 2.75) is 39.3 Å². The molecule has 3 heteroatoms. The van der Waals surface area contributed by atoms with Crippen LogP contribution in [-0.4, -0.2) is 42.7 Å². The van der Waals surface area contributed by atoms with Gasteiger partial charge in [0.05, 0.1) is 6.61 Å². The zero-order chi connectivity index (χ0) is 14.0. The van der Waals surface area contributed by atoms with E-state index in [1.54, 1.807) is 0 Å². The van der Waals surface area contributed by atoms with Crippen molar-refractivity contribution in [3.8, 4) is 0 Å². The lowest BCUT2D eigenvalue weighted by Gasteiger charge is -2.39. The molecule has 0 saturated carbocycles. The van der Waals surface area contributed by atoms with Crippen LogP contribution < -0.4 is 4.90 Å². The topological polar surface area (TPSA) is 26.7 Å². The lowest BCUT2D eigenvalue weighted by Crippen LogP contribution is -2.50. The minimum atomic E-state index is 0.122. The summed E-state index contributed by atoms with van der Waals surface area (Å²) >= 11 is 0. The van der Waals surface area contributed by atoms with E-state index in [1.807, 2.05) is 0 Å². The van der Waals surface area contributed by atoms with Crippen LogP contribution >= 0.6 is 0 Å². The number of benzene rings is 1. The Morgan fingerprint density at radius 3 is 2.63 bits per heavy atom. The molecule has 1 aliphatic heterocycles. The fourth-order valence-electron chi connectivity index (χ4n) is 2.67. The van der Waals surface area contributed by atoms with Gasteiger partial charge in [-0.05, 0) is 31.5 Å². The van der Waals surface area contributed by atoms with Crippen molar-refractivity contribution < 1.29 is 5.11 Å². The molecule has 2 rings (SSSR count). The van der Waals surface area contributed by atoms with Crippen LogP contribution in [0.5, 0.6) is 0 Å². The number of aliphatic hydroxyl groups is 1. The first-order chi connectivity index (χ1) is 9.02. The Morgan fingerprint density at radius 1 is 1.32 bits per heavy atom. The van der Waals surface area contributed by atoms with E-state index in [1.165, 1.54) is 11.3 Å². The van der Waals surface area contributed by atoms with Gasteiger partial charge in [-0.15, -0.1) is 0 Å². The fourth-order valence-corrected chi connectivity index (χ4v) is 2.67. The molecule has 0 spiro atoms. The third-order valence-electron chi connectivity index (χ3n) is 4.24. The van der Waals surface area contributed by atoms with Crippen molar-refractivity contribution in [2.24, 2.45) is 0 Å². The predicted octanol–water partition coefficient (Wildman–Crippen LogP) is 2.44. The average molecular weight is 262 g/mol. The van der Waals surface area contributed by atoms with Gasteiger partial charge in [0.15, 0.2) is 0 Å². The Morgan fingerprint density at radius 2 is 2.05 bits per heavy atom. The normalized spacial score (nSPS) is 21.2. The number of aliphatic hydroxyl groups excluding tert-OH is 1. The van der Waals surface area contributed by atoms with Gasteiger partial charge in [-0.2, -0.15) is 0 Å². The number of anilines is 1. The standard InChI is InChI=1S/C16H26N2O/c1-12(2)14-5-6-16(15(9-14)11-19)18-8-7-17(4)13(3)10-18/h5-6,9,12-13,19H,7-8,10-11H2,1-4H3/t13-/m1/s1. The minimum Gasteiger partial charge on any atom is -0.392 e. The second-order valence-electron chi connectivity index (χ2n) is 5.98. The summed E-state index contributed by atoms with van der Waals surface area (Å²) in [4.78, 5) is 4.79. The molecule has 1 atom stereocenters. The molecule has 1 fully saturated rings. The average Bonchev–Trinajstić information content (AvgIpc) is 2.41. The number of rotatable bonds is 3. The van der Waals surface area contributed by atoms with E-state index >= 15 is 0 Å². The molecule has 106 valence electrons. The highest BCUT2D eigenvalue weighted by molar-refractivity contribution is 5.55. The Bertz CT molecular complexity index is 431. The van der Waals surface area contributed by atoms with Crippen LogP contribution in [0.25, 0.3) is 0 Å². The van der Waals surface area contributed by atoms with Gasteiger partial charge < -0.3 is 14.9 Å². The van der Waals surface area contributed by atoms with Crippen molar-refractivity contribution in [3.63, 3.8) is 0 Å². The molecule has 0 aliphatic carbocycles. The van der Waals surface area contributed by atoms with E-state index in [9.17, 15) is 5.11 Å². The Kier molecular flexibility index (Phi) is 4.48. The summed E-state index contributed by atoms with van der Waals surface area (Å²) in [5.41, 5.74) is 3.56. The molecule has 1 aromatic carbocycles. The van der Waals surface area contributed by atoms with E-state index in [0.717, 1.165) is 25.2 Å². The van der Waals surface area contributed by atoms with Crippen molar-refractivity contribution in [1.82, 2.24) is 4.90 Å². The minimum absolute atomic E-state index is 0.122. The summed E-state index contributed by atoms with van der Waals surface area (Å²) in [6.45, 7) is 9.91.